The molecule has 0 aromatic heterocycles. The molecule has 22 heavy (non-hydrogen) atoms. The predicted octanol–water partition coefficient (Wildman–Crippen LogP) is 3.64. The number of ether oxygens (including phenoxy) is 1. The van der Waals surface area contributed by atoms with Crippen LogP contribution in [0.4, 0.5) is 4.79 Å². The summed E-state index contributed by atoms with van der Waals surface area (Å²) in [6, 6.07) is 8.69. The van der Waals surface area contributed by atoms with Crippen molar-refractivity contribution in [3.8, 4) is 0 Å². The maximum atomic E-state index is 11.8. The smallest absolute Gasteiger partial charge is 0.407 e. The molecule has 0 bridgehead atoms. The summed E-state index contributed by atoms with van der Waals surface area (Å²) in [7, 11) is 0. The first-order valence-corrected chi connectivity index (χ1v) is 8.12. The SMILES string of the molecule is CCc1ccc(CNCC(CC)NC(=O)OC(C)(C)C)cc1. The van der Waals surface area contributed by atoms with Gasteiger partial charge in [0.05, 0.1) is 0 Å². The van der Waals surface area contributed by atoms with Crippen LogP contribution in [0.1, 0.15) is 52.2 Å². The number of nitrogens with one attached hydrogen (secondary N) is 2. The van der Waals surface area contributed by atoms with Crippen molar-refractivity contribution in [1.82, 2.24) is 10.6 Å². The number of hydrogen-bond donors (Lipinski definition) is 2. The minimum atomic E-state index is -0.461. The highest BCUT2D eigenvalue weighted by atomic mass is 16.6. The van der Waals surface area contributed by atoms with Crippen molar-refractivity contribution in [2.75, 3.05) is 6.54 Å². The third kappa shape index (κ3) is 7.46. The van der Waals surface area contributed by atoms with Gasteiger partial charge < -0.3 is 15.4 Å². The van der Waals surface area contributed by atoms with Gasteiger partial charge in [0.25, 0.3) is 0 Å². The molecular weight excluding hydrogens is 276 g/mol. The molecule has 0 saturated heterocycles. The third-order valence-corrected chi connectivity index (χ3v) is 3.36. The van der Waals surface area contributed by atoms with Crippen LogP contribution >= 0.6 is 0 Å². The van der Waals surface area contributed by atoms with Crippen molar-refractivity contribution in [3.05, 3.63) is 35.4 Å². The van der Waals surface area contributed by atoms with E-state index >= 15 is 0 Å². The zero-order valence-electron chi connectivity index (χ0n) is 14.5. The molecule has 1 atom stereocenters. The van der Waals surface area contributed by atoms with E-state index in [-0.39, 0.29) is 12.1 Å². The fraction of sp³-hybridized carbons (Fsp3) is 0.611. The number of alkyl carbamates (subject to hydrolysis) is 1. The Morgan fingerprint density at radius 1 is 1.14 bits per heavy atom. The Labute approximate surface area is 134 Å². The highest BCUT2D eigenvalue weighted by Crippen LogP contribution is 2.07. The lowest BCUT2D eigenvalue weighted by atomic mass is 10.1. The van der Waals surface area contributed by atoms with E-state index in [2.05, 4.69) is 48.7 Å². The standard InChI is InChI=1S/C18H30N2O2/c1-6-14-8-10-15(11-9-14)12-19-13-16(7-2)20-17(21)22-18(3,4)5/h8-11,16,19H,6-7,12-13H2,1-5H3,(H,20,21). The van der Waals surface area contributed by atoms with Gasteiger partial charge in [-0.3, -0.25) is 0 Å². The van der Waals surface area contributed by atoms with Crippen molar-refractivity contribution >= 4 is 6.09 Å². The van der Waals surface area contributed by atoms with Crippen molar-refractivity contribution in [1.29, 1.82) is 0 Å². The molecule has 0 aliphatic rings. The van der Waals surface area contributed by atoms with E-state index in [0.29, 0.717) is 0 Å². The molecule has 0 aliphatic heterocycles. The Morgan fingerprint density at radius 2 is 1.73 bits per heavy atom. The number of carbonyl (C=O) groups is 1. The van der Waals surface area contributed by atoms with E-state index in [1.165, 1.54) is 11.1 Å². The summed E-state index contributed by atoms with van der Waals surface area (Å²) in [5, 5.41) is 6.29. The molecule has 0 aliphatic carbocycles. The largest absolute Gasteiger partial charge is 0.444 e. The minimum Gasteiger partial charge on any atom is -0.444 e. The van der Waals surface area contributed by atoms with Gasteiger partial charge in [-0.1, -0.05) is 38.1 Å². The van der Waals surface area contributed by atoms with Gasteiger partial charge in [0.1, 0.15) is 5.60 Å². The topological polar surface area (TPSA) is 50.4 Å². The van der Waals surface area contributed by atoms with Gasteiger partial charge in [0.15, 0.2) is 0 Å². The molecule has 1 rings (SSSR count). The molecule has 0 radical (unpaired) electrons. The highest BCUT2D eigenvalue weighted by Gasteiger charge is 2.18. The van der Waals surface area contributed by atoms with Crippen LogP contribution in [0.3, 0.4) is 0 Å². The van der Waals surface area contributed by atoms with Crippen LogP contribution < -0.4 is 10.6 Å². The van der Waals surface area contributed by atoms with Gasteiger partial charge in [0, 0.05) is 19.1 Å². The lowest BCUT2D eigenvalue weighted by Gasteiger charge is -2.23. The average Bonchev–Trinajstić information content (AvgIpc) is 2.45. The summed E-state index contributed by atoms with van der Waals surface area (Å²) in [6.07, 6.45) is 1.57. The van der Waals surface area contributed by atoms with Crippen LogP contribution in [0.5, 0.6) is 0 Å². The van der Waals surface area contributed by atoms with Crippen LogP contribution in [0.25, 0.3) is 0 Å². The van der Waals surface area contributed by atoms with Gasteiger partial charge in [-0.2, -0.15) is 0 Å². The average molecular weight is 306 g/mol. The second kappa shape index (κ2) is 8.79. The fourth-order valence-corrected chi connectivity index (χ4v) is 2.06. The van der Waals surface area contributed by atoms with Crippen molar-refractivity contribution in [2.45, 2.75) is 65.6 Å². The molecule has 2 N–H and O–H groups in total. The first-order chi connectivity index (χ1) is 10.3. The Hall–Kier alpha value is -1.55. The summed E-state index contributed by atoms with van der Waals surface area (Å²) < 4.78 is 5.28. The Bertz CT molecular complexity index is 449. The van der Waals surface area contributed by atoms with E-state index in [9.17, 15) is 4.79 Å². The molecule has 0 fully saturated rings. The van der Waals surface area contributed by atoms with E-state index in [0.717, 1.165) is 25.9 Å². The maximum absolute atomic E-state index is 11.8. The van der Waals surface area contributed by atoms with Gasteiger partial charge in [0.2, 0.25) is 0 Å². The number of rotatable bonds is 7. The summed E-state index contributed by atoms with van der Waals surface area (Å²) >= 11 is 0. The monoisotopic (exact) mass is 306 g/mol. The van der Waals surface area contributed by atoms with E-state index < -0.39 is 5.60 Å². The molecule has 0 spiro atoms. The number of carbonyl (C=O) groups excluding carboxylic acids is 1. The van der Waals surface area contributed by atoms with E-state index in [1.54, 1.807) is 0 Å². The summed E-state index contributed by atoms with van der Waals surface area (Å²) in [6.45, 7) is 11.3. The summed E-state index contributed by atoms with van der Waals surface area (Å²) in [5.41, 5.74) is 2.14. The van der Waals surface area contributed by atoms with Crippen LogP contribution in [-0.4, -0.2) is 24.3 Å². The Kier molecular flexibility index (Phi) is 7.39. The van der Waals surface area contributed by atoms with Crippen LogP contribution in [0, 0.1) is 0 Å². The fourth-order valence-electron chi connectivity index (χ4n) is 2.06. The molecule has 0 heterocycles. The van der Waals surface area contributed by atoms with Gasteiger partial charge in [-0.25, -0.2) is 4.79 Å². The minimum absolute atomic E-state index is 0.0739. The number of aryl methyl sites for hydroxylation is 1. The second-order valence-electron chi connectivity index (χ2n) is 6.55. The lowest BCUT2D eigenvalue weighted by Crippen LogP contribution is -2.43. The Balaban J connectivity index is 2.35. The van der Waals surface area contributed by atoms with E-state index in [1.807, 2.05) is 20.8 Å². The summed E-state index contributed by atoms with van der Waals surface area (Å²) in [5.74, 6) is 0. The number of hydrogen-bond acceptors (Lipinski definition) is 3. The first kappa shape index (κ1) is 18.5. The zero-order valence-corrected chi connectivity index (χ0v) is 14.5. The molecule has 0 saturated carbocycles. The van der Waals surface area contributed by atoms with E-state index in [4.69, 9.17) is 4.74 Å². The highest BCUT2D eigenvalue weighted by molar-refractivity contribution is 5.68. The number of benzene rings is 1. The molecular formula is C18H30N2O2. The van der Waals surface area contributed by atoms with Gasteiger partial charge in [-0.05, 0) is 44.7 Å². The molecule has 1 aromatic rings. The second-order valence-corrected chi connectivity index (χ2v) is 6.55. The third-order valence-electron chi connectivity index (χ3n) is 3.36. The Morgan fingerprint density at radius 3 is 2.23 bits per heavy atom. The van der Waals surface area contributed by atoms with Crippen LogP contribution in [0.2, 0.25) is 0 Å². The lowest BCUT2D eigenvalue weighted by molar-refractivity contribution is 0.0502. The van der Waals surface area contributed by atoms with Gasteiger partial charge >= 0.3 is 6.09 Å². The van der Waals surface area contributed by atoms with Crippen LogP contribution in [0.15, 0.2) is 24.3 Å². The molecule has 1 amide bonds. The molecule has 4 heteroatoms. The zero-order chi connectivity index (χ0) is 16.6. The predicted molar refractivity (Wildman–Crippen MR) is 91.0 cm³/mol. The molecule has 4 nitrogen and oxygen atoms in total. The number of amides is 1. The van der Waals surface area contributed by atoms with Gasteiger partial charge in [-0.15, -0.1) is 0 Å². The van der Waals surface area contributed by atoms with Crippen molar-refractivity contribution in [2.24, 2.45) is 0 Å². The summed E-state index contributed by atoms with van der Waals surface area (Å²) in [4.78, 5) is 11.8. The maximum Gasteiger partial charge on any atom is 0.407 e. The first-order valence-electron chi connectivity index (χ1n) is 8.12. The van der Waals surface area contributed by atoms with Crippen molar-refractivity contribution < 1.29 is 9.53 Å². The van der Waals surface area contributed by atoms with Crippen LogP contribution in [-0.2, 0) is 17.7 Å². The van der Waals surface area contributed by atoms with Crippen molar-refractivity contribution in [3.63, 3.8) is 0 Å². The quantitative estimate of drug-likeness (QED) is 0.808. The molecule has 124 valence electrons. The molecule has 1 aromatic carbocycles. The normalized spacial score (nSPS) is 12.8. The molecule has 1 unspecified atom stereocenters.